The van der Waals surface area contributed by atoms with Gasteiger partial charge in [-0.1, -0.05) is 71.9 Å². The van der Waals surface area contributed by atoms with Crippen molar-refractivity contribution in [3.05, 3.63) is 119 Å². The van der Waals surface area contributed by atoms with Crippen molar-refractivity contribution in [2.75, 3.05) is 13.7 Å². The average molecular weight is 491 g/mol. The summed E-state index contributed by atoms with van der Waals surface area (Å²) in [7, 11) is 1.70. The average Bonchev–Trinajstić information content (AvgIpc) is 3.39. The molecule has 1 saturated heterocycles. The van der Waals surface area contributed by atoms with Gasteiger partial charge in [0.05, 0.1) is 30.9 Å². The van der Waals surface area contributed by atoms with Crippen LogP contribution in [-0.4, -0.2) is 33.9 Å². The molecule has 0 radical (unpaired) electrons. The van der Waals surface area contributed by atoms with Crippen LogP contribution in [-0.2, 0) is 4.84 Å². The molecule has 3 heterocycles. The number of amidine groups is 1. The van der Waals surface area contributed by atoms with E-state index in [1.165, 1.54) is 11.1 Å². The van der Waals surface area contributed by atoms with E-state index in [-0.39, 0.29) is 12.1 Å². The number of piperidine rings is 1. The van der Waals surface area contributed by atoms with Crippen LogP contribution in [0, 0.1) is 6.92 Å². The number of hydrogen-bond donors (Lipinski definition) is 0. The van der Waals surface area contributed by atoms with Crippen molar-refractivity contribution in [1.29, 1.82) is 0 Å². The second kappa shape index (κ2) is 9.97. The van der Waals surface area contributed by atoms with Crippen LogP contribution in [0.2, 0.25) is 0 Å². The minimum atomic E-state index is -0.176. The molecule has 2 aliphatic heterocycles. The van der Waals surface area contributed by atoms with Gasteiger partial charge in [-0.25, -0.2) is 4.98 Å². The van der Waals surface area contributed by atoms with E-state index in [0.717, 1.165) is 53.5 Å². The van der Waals surface area contributed by atoms with Crippen LogP contribution >= 0.6 is 0 Å². The van der Waals surface area contributed by atoms with Gasteiger partial charge in [0.1, 0.15) is 5.75 Å². The number of aryl methyl sites for hydroxylation is 1. The highest BCUT2D eigenvalue weighted by Crippen LogP contribution is 2.43. The third-order valence-corrected chi connectivity index (χ3v) is 7.08. The molecule has 1 unspecified atom stereocenters. The van der Waals surface area contributed by atoms with Crippen molar-refractivity contribution < 1.29 is 9.57 Å². The van der Waals surface area contributed by atoms with Crippen LogP contribution < -0.4 is 4.74 Å². The number of benzene rings is 3. The Bertz CT molecular complexity index is 1440. The number of aromatic nitrogens is 2. The second-order valence-corrected chi connectivity index (χ2v) is 9.53. The maximum Gasteiger partial charge on any atom is 0.177 e. The summed E-state index contributed by atoms with van der Waals surface area (Å²) in [6.07, 6.45) is 7.84. The van der Waals surface area contributed by atoms with Gasteiger partial charge in [-0.3, -0.25) is 0 Å². The molecule has 0 saturated carbocycles. The first-order valence-electron chi connectivity index (χ1n) is 12.7. The van der Waals surface area contributed by atoms with E-state index in [1.54, 1.807) is 7.11 Å². The molecule has 3 aromatic carbocycles. The number of fused-ring (bicyclic) bond motifs is 1. The van der Waals surface area contributed by atoms with Crippen LogP contribution in [0.4, 0.5) is 0 Å². The lowest BCUT2D eigenvalue weighted by Gasteiger charge is -2.44. The Hall–Kier alpha value is -4.32. The molecule has 0 aliphatic carbocycles. The Balaban J connectivity index is 1.37. The minimum absolute atomic E-state index is 0.0428. The van der Waals surface area contributed by atoms with Gasteiger partial charge in [0.15, 0.2) is 11.9 Å². The van der Waals surface area contributed by atoms with Gasteiger partial charge >= 0.3 is 0 Å². The van der Waals surface area contributed by atoms with Crippen molar-refractivity contribution in [3.63, 3.8) is 0 Å². The van der Waals surface area contributed by atoms with E-state index in [2.05, 4.69) is 88.8 Å². The Kier molecular flexibility index (Phi) is 6.23. The molecule has 1 aromatic heterocycles. The standard InChI is InChI=1S/C31H30N4O2/c1-22-20-34(21-32-22)27-16-15-23(19-28(27)36-2)18-26-14-9-17-35-29(24-10-5-3-6-11-24)30(37-33-31(26)35)25-12-7-4-8-13-25/h3-8,10-13,15-16,18-21,29-30H,9,14,17H2,1-2H3/t29-,30?/m0/s1. The second-order valence-electron chi connectivity index (χ2n) is 9.53. The van der Waals surface area contributed by atoms with Gasteiger partial charge in [0.2, 0.25) is 0 Å². The Morgan fingerprint density at radius 2 is 1.73 bits per heavy atom. The topological polar surface area (TPSA) is 51.9 Å². The van der Waals surface area contributed by atoms with Crippen molar-refractivity contribution in [1.82, 2.24) is 14.5 Å². The monoisotopic (exact) mass is 490 g/mol. The van der Waals surface area contributed by atoms with Crippen molar-refractivity contribution in [2.45, 2.75) is 31.9 Å². The SMILES string of the molecule is COc1cc(C=C2CCCN3C2=NOC(c2ccccc2)[C@@H]3c2ccccc2)ccc1-n1cnc(C)c1. The number of nitrogens with zero attached hydrogens (tertiary/aromatic N) is 4. The highest BCUT2D eigenvalue weighted by Gasteiger charge is 2.40. The summed E-state index contributed by atoms with van der Waals surface area (Å²) >= 11 is 0. The molecular weight excluding hydrogens is 460 g/mol. The fourth-order valence-corrected chi connectivity index (χ4v) is 5.33. The maximum absolute atomic E-state index is 6.26. The van der Waals surface area contributed by atoms with E-state index in [4.69, 9.17) is 14.7 Å². The lowest BCUT2D eigenvalue weighted by molar-refractivity contribution is -0.0231. The third kappa shape index (κ3) is 4.51. The summed E-state index contributed by atoms with van der Waals surface area (Å²) in [5.74, 6) is 1.72. The van der Waals surface area contributed by atoms with E-state index in [1.807, 2.05) is 30.1 Å². The number of oxime groups is 1. The summed E-state index contributed by atoms with van der Waals surface area (Å²) in [4.78, 5) is 13.0. The van der Waals surface area contributed by atoms with Gasteiger partial charge in [0.25, 0.3) is 0 Å². The van der Waals surface area contributed by atoms with Gasteiger partial charge in [-0.05, 0) is 60.2 Å². The Labute approximate surface area is 217 Å². The summed E-state index contributed by atoms with van der Waals surface area (Å²) < 4.78 is 7.73. The zero-order valence-corrected chi connectivity index (χ0v) is 21.1. The van der Waals surface area contributed by atoms with E-state index in [0.29, 0.717) is 0 Å². The van der Waals surface area contributed by atoms with Gasteiger partial charge in [-0.2, -0.15) is 0 Å². The molecule has 0 N–H and O–H groups in total. The van der Waals surface area contributed by atoms with Crippen LogP contribution in [0.1, 0.15) is 47.4 Å². The molecule has 186 valence electrons. The molecular formula is C31H30N4O2. The largest absolute Gasteiger partial charge is 0.495 e. The van der Waals surface area contributed by atoms with Crippen molar-refractivity contribution >= 4 is 11.9 Å². The minimum Gasteiger partial charge on any atom is -0.495 e. The van der Waals surface area contributed by atoms with Crippen LogP contribution in [0.3, 0.4) is 0 Å². The van der Waals surface area contributed by atoms with Gasteiger partial charge in [-0.15, -0.1) is 0 Å². The molecule has 4 aromatic rings. The van der Waals surface area contributed by atoms with Crippen molar-refractivity contribution in [2.24, 2.45) is 5.16 Å². The molecule has 0 spiro atoms. The summed E-state index contributed by atoms with van der Waals surface area (Å²) in [5.41, 5.74) is 6.53. The summed E-state index contributed by atoms with van der Waals surface area (Å²) in [6, 6.07) is 27.3. The molecule has 6 nitrogen and oxygen atoms in total. The fraction of sp³-hybridized carbons (Fsp3) is 0.226. The number of hydrogen-bond acceptors (Lipinski definition) is 5. The van der Waals surface area contributed by atoms with Gasteiger partial charge in [0, 0.05) is 12.7 Å². The van der Waals surface area contributed by atoms with E-state index < -0.39 is 0 Å². The van der Waals surface area contributed by atoms with Crippen LogP contribution in [0.5, 0.6) is 5.75 Å². The summed E-state index contributed by atoms with van der Waals surface area (Å²) in [6.45, 7) is 2.92. The zero-order valence-electron chi connectivity index (χ0n) is 21.1. The molecule has 2 aliphatic rings. The zero-order chi connectivity index (χ0) is 25.2. The van der Waals surface area contributed by atoms with Gasteiger partial charge < -0.3 is 19.0 Å². The highest BCUT2D eigenvalue weighted by molar-refractivity contribution is 6.03. The smallest absolute Gasteiger partial charge is 0.177 e. The number of rotatable bonds is 5. The summed E-state index contributed by atoms with van der Waals surface area (Å²) in [5, 5.41) is 4.70. The Morgan fingerprint density at radius 3 is 2.43 bits per heavy atom. The first-order valence-corrected chi connectivity index (χ1v) is 12.7. The predicted molar refractivity (Wildman–Crippen MR) is 146 cm³/mol. The van der Waals surface area contributed by atoms with E-state index in [9.17, 15) is 0 Å². The molecule has 2 atom stereocenters. The third-order valence-electron chi connectivity index (χ3n) is 7.08. The molecule has 0 bridgehead atoms. The van der Waals surface area contributed by atoms with E-state index >= 15 is 0 Å². The lowest BCUT2D eigenvalue weighted by Crippen LogP contribution is -2.45. The normalized spacial score (nSPS) is 20.2. The lowest BCUT2D eigenvalue weighted by atomic mass is 9.90. The fourth-order valence-electron chi connectivity index (χ4n) is 5.33. The molecule has 6 rings (SSSR count). The predicted octanol–water partition coefficient (Wildman–Crippen LogP) is 6.49. The molecule has 1 fully saturated rings. The number of imidazole rings is 1. The number of methoxy groups -OCH3 is 1. The van der Waals surface area contributed by atoms with Crippen LogP contribution in [0.15, 0.2) is 102 Å². The quantitative estimate of drug-likeness (QED) is 0.321. The molecule has 0 amide bonds. The highest BCUT2D eigenvalue weighted by atomic mass is 16.6. The molecule has 6 heteroatoms. The van der Waals surface area contributed by atoms with Crippen LogP contribution in [0.25, 0.3) is 11.8 Å². The first-order chi connectivity index (χ1) is 18.2. The molecule has 37 heavy (non-hydrogen) atoms. The first kappa shape index (κ1) is 23.1. The van der Waals surface area contributed by atoms with Crippen molar-refractivity contribution in [3.8, 4) is 11.4 Å². The Morgan fingerprint density at radius 1 is 0.973 bits per heavy atom. The maximum atomic E-state index is 6.26. The number of ether oxygens (including phenoxy) is 1.